The van der Waals surface area contributed by atoms with Crippen molar-refractivity contribution >= 4 is 11.6 Å². The summed E-state index contributed by atoms with van der Waals surface area (Å²) in [6, 6.07) is 12.3. The molecule has 0 saturated carbocycles. The molecule has 0 aliphatic carbocycles. The molecule has 1 N–H and O–H groups in total. The maximum atomic E-state index is 12.1. The van der Waals surface area contributed by atoms with Gasteiger partial charge in [-0.3, -0.25) is 4.79 Å². The van der Waals surface area contributed by atoms with Crippen molar-refractivity contribution in [3.63, 3.8) is 0 Å². The van der Waals surface area contributed by atoms with Crippen LogP contribution in [0.25, 0.3) is 0 Å². The van der Waals surface area contributed by atoms with Gasteiger partial charge in [0.1, 0.15) is 0 Å². The minimum atomic E-state index is -0.183. The average molecular weight is 270 g/mol. The Kier molecular flexibility index (Phi) is 4.25. The van der Waals surface area contributed by atoms with E-state index < -0.39 is 0 Å². The Morgan fingerprint density at radius 1 is 1.00 bits per heavy atom. The summed E-state index contributed by atoms with van der Waals surface area (Å²) in [6.07, 6.45) is 0. The number of methoxy groups -OCH3 is 2. The number of amides is 1. The Bertz CT molecular complexity index is 606. The van der Waals surface area contributed by atoms with Crippen molar-refractivity contribution in [2.45, 2.75) is 0 Å². The molecule has 103 valence electrons. The number of hydrogen-bond acceptors (Lipinski definition) is 3. The average Bonchev–Trinajstić information content (AvgIpc) is 2.47. The molecule has 0 heterocycles. The second-order valence-electron chi connectivity index (χ2n) is 4.22. The van der Waals surface area contributed by atoms with Crippen LogP contribution in [0.4, 0.5) is 5.69 Å². The zero-order valence-corrected chi connectivity index (χ0v) is 11.5. The van der Waals surface area contributed by atoms with Crippen LogP contribution in [0.1, 0.15) is 15.9 Å². The van der Waals surface area contributed by atoms with Gasteiger partial charge < -0.3 is 14.8 Å². The fourth-order valence-corrected chi connectivity index (χ4v) is 1.77. The lowest BCUT2D eigenvalue weighted by molar-refractivity contribution is 0.102. The van der Waals surface area contributed by atoms with E-state index in [0.29, 0.717) is 22.7 Å². The lowest BCUT2D eigenvalue weighted by Crippen LogP contribution is -2.11. The third-order valence-corrected chi connectivity index (χ3v) is 2.86. The highest BCUT2D eigenvalue weighted by molar-refractivity contribution is 6.04. The molecular formula is C16H16NO3. The van der Waals surface area contributed by atoms with E-state index in [0.717, 1.165) is 5.56 Å². The van der Waals surface area contributed by atoms with E-state index in [1.807, 2.05) is 0 Å². The number of ether oxygens (including phenoxy) is 2. The van der Waals surface area contributed by atoms with E-state index in [2.05, 4.69) is 12.2 Å². The molecule has 1 radical (unpaired) electrons. The van der Waals surface area contributed by atoms with Crippen LogP contribution in [-0.2, 0) is 0 Å². The van der Waals surface area contributed by atoms with Crippen LogP contribution in [0, 0.1) is 6.92 Å². The third-order valence-electron chi connectivity index (χ3n) is 2.86. The fraction of sp³-hybridized carbons (Fsp3) is 0.125. The fourth-order valence-electron chi connectivity index (χ4n) is 1.77. The molecule has 0 saturated heterocycles. The minimum absolute atomic E-state index is 0.183. The van der Waals surface area contributed by atoms with Crippen molar-refractivity contribution in [2.75, 3.05) is 19.5 Å². The van der Waals surface area contributed by atoms with Crippen LogP contribution in [0.15, 0.2) is 42.5 Å². The van der Waals surface area contributed by atoms with Crippen molar-refractivity contribution in [3.8, 4) is 11.5 Å². The maximum absolute atomic E-state index is 12.1. The third kappa shape index (κ3) is 3.09. The molecule has 1 amide bonds. The number of nitrogens with one attached hydrogen (secondary N) is 1. The zero-order chi connectivity index (χ0) is 14.5. The molecule has 0 unspecified atom stereocenters. The monoisotopic (exact) mass is 270 g/mol. The lowest BCUT2D eigenvalue weighted by atomic mass is 10.1. The predicted molar refractivity (Wildman–Crippen MR) is 78.4 cm³/mol. The topological polar surface area (TPSA) is 47.6 Å². The summed E-state index contributed by atoms with van der Waals surface area (Å²) < 4.78 is 10.3. The highest BCUT2D eigenvalue weighted by Crippen LogP contribution is 2.29. The summed E-state index contributed by atoms with van der Waals surface area (Å²) in [5, 5.41) is 2.81. The van der Waals surface area contributed by atoms with Crippen LogP contribution < -0.4 is 14.8 Å². The number of carbonyl (C=O) groups excluding carboxylic acids is 1. The molecule has 4 nitrogen and oxygen atoms in total. The van der Waals surface area contributed by atoms with Gasteiger partial charge in [0.25, 0.3) is 5.91 Å². The van der Waals surface area contributed by atoms with E-state index in [1.165, 1.54) is 0 Å². The molecule has 2 aromatic rings. The summed E-state index contributed by atoms with van der Waals surface area (Å²) in [7, 11) is 3.12. The standard InChI is InChI=1S/C16H16NO3/c1-11-4-6-12(7-5-11)16(18)17-13-8-9-14(19-2)15(10-13)20-3/h4-10H,1H2,2-3H3,(H,17,18). The van der Waals surface area contributed by atoms with E-state index in [4.69, 9.17) is 9.47 Å². The SMILES string of the molecule is [CH2]c1ccc(C(=O)Nc2ccc(OC)c(OC)c2)cc1. The van der Waals surface area contributed by atoms with E-state index in [9.17, 15) is 4.79 Å². The first-order chi connectivity index (χ1) is 9.63. The first-order valence-electron chi connectivity index (χ1n) is 6.09. The van der Waals surface area contributed by atoms with Crippen molar-refractivity contribution < 1.29 is 14.3 Å². The lowest BCUT2D eigenvalue weighted by Gasteiger charge is -2.10. The van der Waals surface area contributed by atoms with Gasteiger partial charge in [0.2, 0.25) is 0 Å². The molecule has 4 heteroatoms. The van der Waals surface area contributed by atoms with E-state index in [1.54, 1.807) is 56.7 Å². The van der Waals surface area contributed by atoms with Crippen molar-refractivity contribution in [3.05, 3.63) is 60.5 Å². The van der Waals surface area contributed by atoms with Gasteiger partial charge in [-0.15, -0.1) is 0 Å². The molecule has 0 aliphatic rings. The van der Waals surface area contributed by atoms with Gasteiger partial charge in [0.15, 0.2) is 11.5 Å². The highest BCUT2D eigenvalue weighted by atomic mass is 16.5. The predicted octanol–water partition coefficient (Wildman–Crippen LogP) is 3.14. The summed E-state index contributed by atoms with van der Waals surface area (Å²) in [4.78, 5) is 12.1. The van der Waals surface area contributed by atoms with Gasteiger partial charge in [-0.25, -0.2) is 0 Å². The van der Waals surface area contributed by atoms with Crippen molar-refractivity contribution in [1.29, 1.82) is 0 Å². The van der Waals surface area contributed by atoms with Crippen LogP contribution in [0.5, 0.6) is 11.5 Å². The summed E-state index contributed by atoms with van der Waals surface area (Å²) in [5.74, 6) is 1.00. The number of rotatable bonds is 4. The molecule has 2 rings (SSSR count). The molecule has 0 fully saturated rings. The molecule has 0 spiro atoms. The molecule has 0 aliphatic heterocycles. The molecule has 20 heavy (non-hydrogen) atoms. The van der Waals surface area contributed by atoms with Gasteiger partial charge in [0, 0.05) is 17.3 Å². The first kappa shape index (κ1) is 13.9. The van der Waals surface area contributed by atoms with Gasteiger partial charge in [-0.2, -0.15) is 0 Å². The van der Waals surface area contributed by atoms with Gasteiger partial charge in [-0.1, -0.05) is 12.1 Å². The number of hydrogen-bond donors (Lipinski definition) is 1. The van der Waals surface area contributed by atoms with E-state index >= 15 is 0 Å². The summed E-state index contributed by atoms with van der Waals surface area (Å²) in [6.45, 7) is 3.78. The summed E-state index contributed by atoms with van der Waals surface area (Å²) in [5.41, 5.74) is 2.09. The van der Waals surface area contributed by atoms with Crippen LogP contribution >= 0.6 is 0 Å². The molecule has 0 bridgehead atoms. The van der Waals surface area contributed by atoms with Crippen molar-refractivity contribution in [2.24, 2.45) is 0 Å². The summed E-state index contributed by atoms with van der Waals surface area (Å²) >= 11 is 0. The quantitative estimate of drug-likeness (QED) is 0.928. The Morgan fingerprint density at radius 2 is 1.65 bits per heavy atom. The number of benzene rings is 2. The Balaban J connectivity index is 2.17. The number of carbonyl (C=O) groups is 1. The Morgan fingerprint density at radius 3 is 2.25 bits per heavy atom. The second-order valence-corrected chi connectivity index (χ2v) is 4.22. The van der Waals surface area contributed by atoms with Gasteiger partial charge in [0.05, 0.1) is 14.2 Å². The molecule has 2 aromatic carbocycles. The number of anilines is 1. The molecule has 0 aromatic heterocycles. The van der Waals surface area contributed by atoms with Gasteiger partial charge >= 0.3 is 0 Å². The largest absolute Gasteiger partial charge is 0.493 e. The van der Waals surface area contributed by atoms with Crippen molar-refractivity contribution in [1.82, 2.24) is 0 Å². The Labute approximate surface area is 118 Å². The van der Waals surface area contributed by atoms with Crippen LogP contribution in [0.2, 0.25) is 0 Å². The Hall–Kier alpha value is -2.49. The maximum Gasteiger partial charge on any atom is 0.255 e. The van der Waals surface area contributed by atoms with E-state index in [-0.39, 0.29) is 5.91 Å². The normalized spacial score (nSPS) is 9.95. The van der Waals surface area contributed by atoms with Crippen LogP contribution in [-0.4, -0.2) is 20.1 Å². The molecule has 0 atom stereocenters. The van der Waals surface area contributed by atoms with Gasteiger partial charge in [-0.05, 0) is 36.8 Å². The minimum Gasteiger partial charge on any atom is -0.493 e. The highest BCUT2D eigenvalue weighted by Gasteiger charge is 2.08. The molecular weight excluding hydrogens is 254 g/mol. The second kappa shape index (κ2) is 6.10. The zero-order valence-electron chi connectivity index (χ0n) is 11.5. The van der Waals surface area contributed by atoms with Crippen LogP contribution in [0.3, 0.4) is 0 Å². The first-order valence-corrected chi connectivity index (χ1v) is 6.09. The smallest absolute Gasteiger partial charge is 0.255 e.